The third-order valence-electron chi connectivity index (χ3n) is 3.88. The van der Waals surface area contributed by atoms with Gasteiger partial charge in [0.25, 0.3) is 0 Å². The van der Waals surface area contributed by atoms with Crippen molar-refractivity contribution in [2.75, 3.05) is 7.11 Å². The van der Waals surface area contributed by atoms with E-state index in [0.29, 0.717) is 18.6 Å². The number of hydrogen-bond acceptors (Lipinski definition) is 2. The molecule has 2 heteroatoms. The van der Waals surface area contributed by atoms with Crippen LogP contribution in [0.5, 0.6) is 5.75 Å². The summed E-state index contributed by atoms with van der Waals surface area (Å²) in [6.07, 6.45) is 9.95. The van der Waals surface area contributed by atoms with Crippen LogP contribution in [0.25, 0.3) is 0 Å². The van der Waals surface area contributed by atoms with Crippen molar-refractivity contribution in [3.63, 3.8) is 0 Å². The summed E-state index contributed by atoms with van der Waals surface area (Å²) < 4.78 is 5.33. The second kappa shape index (κ2) is 10.4. The van der Waals surface area contributed by atoms with Gasteiger partial charge in [0.2, 0.25) is 0 Å². The number of unbranched alkanes of at least 4 members (excludes halogenated alkanes) is 6. The lowest BCUT2D eigenvalue weighted by atomic mass is 10.0. The van der Waals surface area contributed by atoms with Crippen LogP contribution >= 0.6 is 0 Å². The van der Waals surface area contributed by atoms with Crippen LogP contribution in [-0.2, 0) is 11.2 Å². The molecule has 0 radical (unpaired) electrons. The Kier molecular flexibility index (Phi) is 8.80. The molecule has 0 saturated heterocycles. The monoisotopic (exact) mass is 290 g/mol. The van der Waals surface area contributed by atoms with Gasteiger partial charge in [-0.2, -0.15) is 0 Å². The quantitative estimate of drug-likeness (QED) is 0.520. The molecule has 1 aromatic carbocycles. The predicted octanol–water partition coefficient (Wildman–Crippen LogP) is 5.26. The zero-order valence-electron chi connectivity index (χ0n) is 13.9. The molecule has 2 nitrogen and oxygen atoms in total. The van der Waals surface area contributed by atoms with Crippen molar-refractivity contribution < 1.29 is 9.53 Å². The van der Waals surface area contributed by atoms with E-state index in [1.54, 1.807) is 7.11 Å². The van der Waals surface area contributed by atoms with Gasteiger partial charge < -0.3 is 4.74 Å². The molecule has 0 spiro atoms. The van der Waals surface area contributed by atoms with Gasteiger partial charge >= 0.3 is 0 Å². The van der Waals surface area contributed by atoms with E-state index in [2.05, 4.69) is 13.0 Å². The van der Waals surface area contributed by atoms with Crippen molar-refractivity contribution in [2.24, 2.45) is 0 Å². The normalized spacial score (nSPS) is 10.6. The van der Waals surface area contributed by atoms with Crippen LogP contribution in [0.4, 0.5) is 0 Å². The highest BCUT2D eigenvalue weighted by atomic mass is 16.5. The molecule has 1 rings (SSSR count). The second-order valence-corrected chi connectivity index (χ2v) is 5.90. The molecular weight excluding hydrogens is 260 g/mol. The topological polar surface area (TPSA) is 26.3 Å². The Morgan fingerprint density at radius 2 is 1.71 bits per heavy atom. The van der Waals surface area contributed by atoms with E-state index < -0.39 is 0 Å². The van der Waals surface area contributed by atoms with E-state index in [4.69, 9.17) is 4.74 Å². The third-order valence-corrected chi connectivity index (χ3v) is 3.88. The average Bonchev–Trinajstić information content (AvgIpc) is 2.46. The van der Waals surface area contributed by atoms with Gasteiger partial charge in [0.15, 0.2) is 0 Å². The Hall–Kier alpha value is -1.31. The molecule has 0 aromatic heterocycles. The van der Waals surface area contributed by atoms with Gasteiger partial charge in [0.05, 0.1) is 7.11 Å². The van der Waals surface area contributed by atoms with Crippen molar-refractivity contribution in [2.45, 2.75) is 71.6 Å². The summed E-state index contributed by atoms with van der Waals surface area (Å²) in [5.41, 5.74) is 2.19. The fraction of sp³-hybridized carbons (Fsp3) is 0.632. The molecular formula is C19H30O2. The average molecular weight is 290 g/mol. The van der Waals surface area contributed by atoms with Crippen molar-refractivity contribution >= 4 is 5.78 Å². The van der Waals surface area contributed by atoms with Gasteiger partial charge in [-0.3, -0.25) is 4.79 Å². The SMILES string of the molecule is CCCCCCCCCC(=O)Cc1cc(C)ccc1OC. The molecule has 0 saturated carbocycles. The maximum Gasteiger partial charge on any atom is 0.137 e. The van der Waals surface area contributed by atoms with E-state index >= 15 is 0 Å². The molecule has 0 bridgehead atoms. The van der Waals surface area contributed by atoms with Crippen LogP contribution in [-0.4, -0.2) is 12.9 Å². The minimum atomic E-state index is 0.326. The van der Waals surface area contributed by atoms with Gasteiger partial charge in [0, 0.05) is 18.4 Å². The molecule has 0 aliphatic rings. The molecule has 0 atom stereocenters. The molecule has 1 aromatic rings. The summed E-state index contributed by atoms with van der Waals surface area (Å²) in [6, 6.07) is 6.02. The van der Waals surface area contributed by atoms with Crippen molar-refractivity contribution in [1.82, 2.24) is 0 Å². The zero-order chi connectivity index (χ0) is 15.5. The predicted molar refractivity (Wildman–Crippen MR) is 89.1 cm³/mol. The van der Waals surface area contributed by atoms with Crippen LogP contribution in [0, 0.1) is 6.92 Å². The number of aryl methyl sites for hydroxylation is 1. The van der Waals surface area contributed by atoms with Gasteiger partial charge in [-0.25, -0.2) is 0 Å². The molecule has 0 heterocycles. The molecule has 0 N–H and O–H groups in total. The lowest BCUT2D eigenvalue weighted by molar-refractivity contribution is -0.118. The standard InChI is InChI=1S/C19H30O2/c1-4-5-6-7-8-9-10-11-18(20)15-17-14-16(2)12-13-19(17)21-3/h12-14H,4-11,15H2,1-3H3. The molecule has 21 heavy (non-hydrogen) atoms. The molecule has 0 fully saturated rings. The molecule has 0 unspecified atom stereocenters. The van der Waals surface area contributed by atoms with Crippen LogP contribution in [0.2, 0.25) is 0 Å². The first-order valence-corrected chi connectivity index (χ1v) is 8.32. The number of rotatable bonds is 11. The first-order valence-electron chi connectivity index (χ1n) is 8.32. The highest BCUT2D eigenvalue weighted by molar-refractivity contribution is 5.81. The number of hydrogen-bond donors (Lipinski definition) is 0. The lowest BCUT2D eigenvalue weighted by Gasteiger charge is -2.09. The summed E-state index contributed by atoms with van der Waals surface area (Å²) in [6.45, 7) is 4.28. The van der Waals surface area contributed by atoms with Crippen LogP contribution in [0.3, 0.4) is 0 Å². The van der Waals surface area contributed by atoms with Gasteiger partial charge in [-0.05, 0) is 19.4 Å². The summed E-state index contributed by atoms with van der Waals surface area (Å²) in [4.78, 5) is 12.1. The number of carbonyl (C=O) groups is 1. The Morgan fingerprint density at radius 1 is 1.05 bits per heavy atom. The summed E-state index contributed by atoms with van der Waals surface area (Å²) >= 11 is 0. The van der Waals surface area contributed by atoms with E-state index in [9.17, 15) is 4.79 Å². The number of methoxy groups -OCH3 is 1. The van der Waals surface area contributed by atoms with Crippen LogP contribution < -0.4 is 4.74 Å². The molecule has 118 valence electrons. The minimum Gasteiger partial charge on any atom is -0.496 e. The number of ketones is 1. The second-order valence-electron chi connectivity index (χ2n) is 5.90. The fourth-order valence-electron chi connectivity index (χ4n) is 2.63. The summed E-state index contributed by atoms with van der Waals surface area (Å²) in [7, 11) is 1.66. The Bertz CT molecular complexity index is 424. The Morgan fingerprint density at radius 3 is 2.38 bits per heavy atom. The van der Waals surface area contributed by atoms with Gasteiger partial charge in [0.1, 0.15) is 11.5 Å². The highest BCUT2D eigenvalue weighted by Crippen LogP contribution is 2.21. The van der Waals surface area contributed by atoms with Crippen molar-refractivity contribution in [3.8, 4) is 5.75 Å². The van der Waals surface area contributed by atoms with Gasteiger partial charge in [-0.15, -0.1) is 0 Å². The highest BCUT2D eigenvalue weighted by Gasteiger charge is 2.09. The number of ether oxygens (including phenoxy) is 1. The first-order chi connectivity index (χ1) is 10.2. The largest absolute Gasteiger partial charge is 0.496 e. The minimum absolute atomic E-state index is 0.326. The Balaban J connectivity index is 2.26. The maximum absolute atomic E-state index is 12.1. The summed E-state index contributed by atoms with van der Waals surface area (Å²) in [5, 5.41) is 0. The van der Waals surface area contributed by atoms with Crippen LogP contribution in [0.1, 0.15) is 69.4 Å². The number of benzene rings is 1. The Labute approximate surface area is 129 Å². The third kappa shape index (κ3) is 7.31. The van der Waals surface area contributed by atoms with E-state index in [1.807, 2.05) is 19.1 Å². The number of carbonyl (C=O) groups excluding carboxylic acids is 1. The summed E-state index contributed by atoms with van der Waals surface area (Å²) in [5.74, 6) is 1.15. The lowest BCUT2D eigenvalue weighted by Crippen LogP contribution is -2.04. The molecule has 0 amide bonds. The van der Waals surface area contributed by atoms with E-state index in [-0.39, 0.29) is 0 Å². The molecule has 0 aliphatic carbocycles. The van der Waals surface area contributed by atoms with Crippen LogP contribution in [0.15, 0.2) is 18.2 Å². The maximum atomic E-state index is 12.1. The zero-order valence-corrected chi connectivity index (χ0v) is 13.9. The van der Waals surface area contributed by atoms with E-state index in [1.165, 1.54) is 44.1 Å². The smallest absolute Gasteiger partial charge is 0.137 e. The fourth-order valence-corrected chi connectivity index (χ4v) is 2.63. The molecule has 0 aliphatic heterocycles. The van der Waals surface area contributed by atoms with E-state index in [0.717, 1.165) is 17.7 Å². The van der Waals surface area contributed by atoms with Gasteiger partial charge in [-0.1, -0.05) is 63.1 Å². The van der Waals surface area contributed by atoms with Crippen molar-refractivity contribution in [3.05, 3.63) is 29.3 Å². The number of Topliss-reactive ketones (excluding diaryl/α,β-unsaturated/α-hetero) is 1. The first kappa shape index (κ1) is 17.7. The van der Waals surface area contributed by atoms with Crippen molar-refractivity contribution in [1.29, 1.82) is 0 Å².